The van der Waals surface area contributed by atoms with E-state index in [-0.39, 0.29) is 18.1 Å². The van der Waals surface area contributed by atoms with Crippen LogP contribution in [0.4, 0.5) is 0 Å². The fourth-order valence-corrected chi connectivity index (χ4v) is 2.13. The van der Waals surface area contributed by atoms with Gasteiger partial charge in [-0.3, -0.25) is 9.59 Å². The first-order chi connectivity index (χ1) is 8.66. The highest BCUT2D eigenvalue weighted by atomic mass is 16.2. The number of hydrogen-bond donors (Lipinski definition) is 1. The lowest BCUT2D eigenvalue weighted by Crippen LogP contribution is -2.49. The summed E-state index contributed by atoms with van der Waals surface area (Å²) in [5.41, 5.74) is 2.01. The van der Waals surface area contributed by atoms with Crippen LogP contribution in [0.3, 0.4) is 0 Å². The third-order valence-electron chi connectivity index (χ3n) is 3.09. The minimum Gasteiger partial charge on any atom is -0.334 e. The first-order valence-corrected chi connectivity index (χ1v) is 6.25. The highest BCUT2D eigenvalue weighted by molar-refractivity contribution is 6.36. The van der Waals surface area contributed by atoms with E-state index in [1.165, 1.54) is 0 Å². The van der Waals surface area contributed by atoms with Crippen LogP contribution in [0.2, 0.25) is 0 Å². The summed E-state index contributed by atoms with van der Waals surface area (Å²) in [6.07, 6.45) is 0.199. The molecule has 1 aliphatic rings. The maximum atomic E-state index is 11.9. The standard InChI is InChI=1S/C14H18N2O2/c1-11-3-2-4-12(9-11)10-13(17)14(18)16-7-5-15-6-8-16/h2-4,9,15H,5-8,10H2,1H3. The fourth-order valence-electron chi connectivity index (χ4n) is 2.13. The van der Waals surface area contributed by atoms with Gasteiger partial charge in [0.15, 0.2) is 0 Å². The maximum absolute atomic E-state index is 11.9. The van der Waals surface area contributed by atoms with Crippen LogP contribution in [0.5, 0.6) is 0 Å². The van der Waals surface area contributed by atoms with E-state index in [0.717, 1.165) is 24.2 Å². The summed E-state index contributed by atoms with van der Waals surface area (Å²) < 4.78 is 0. The van der Waals surface area contributed by atoms with E-state index in [9.17, 15) is 9.59 Å². The number of aryl methyl sites for hydroxylation is 1. The van der Waals surface area contributed by atoms with E-state index in [4.69, 9.17) is 0 Å². The van der Waals surface area contributed by atoms with Gasteiger partial charge in [0.05, 0.1) is 0 Å². The van der Waals surface area contributed by atoms with Crippen LogP contribution in [0.1, 0.15) is 11.1 Å². The monoisotopic (exact) mass is 246 g/mol. The van der Waals surface area contributed by atoms with Gasteiger partial charge in [-0.25, -0.2) is 0 Å². The van der Waals surface area contributed by atoms with Gasteiger partial charge in [-0.1, -0.05) is 29.8 Å². The molecule has 0 saturated carbocycles. The zero-order valence-electron chi connectivity index (χ0n) is 10.6. The molecule has 0 unspecified atom stereocenters. The maximum Gasteiger partial charge on any atom is 0.290 e. The molecule has 0 radical (unpaired) electrons. The van der Waals surface area contributed by atoms with Gasteiger partial charge >= 0.3 is 0 Å². The average Bonchev–Trinajstić information content (AvgIpc) is 2.39. The van der Waals surface area contributed by atoms with Crippen molar-refractivity contribution in [3.05, 3.63) is 35.4 Å². The molecular weight excluding hydrogens is 228 g/mol. The molecule has 96 valence electrons. The number of amides is 1. The quantitative estimate of drug-likeness (QED) is 0.792. The Morgan fingerprint density at radius 2 is 2.00 bits per heavy atom. The molecule has 0 aliphatic carbocycles. The van der Waals surface area contributed by atoms with E-state index >= 15 is 0 Å². The van der Waals surface area contributed by atoms with E-state index < -0.39 is 0 Å². The summed E-state index contributed by atoms with van der Waals surface area (Å²) in [5.74, 6) is -0.666. The Kier molecular flexibility index (Phi) is 4.10. The van der Waals surface area contributed by atoms with Crippen LogP contribution in [-0.4, -0.2) is 42.8 Å². The van der Waals surface area contributed by atoms with Gasteiger partial charge in [-0.2, -0.15) is 0 Å². The van der Waals surface area contributed by atoms with E-state index in [2.05, 4.69) is 5.32 Å². The van der Waals surface area contributed by atoms with Crippen molar-refractivity contribution in [3.8, 4) is 0 Å². The van der Waals surface area contributed by atoms with E-state index in [1.54, 1.807) is 4.90 Å². The zero-order chi connectivity index (χ0) is 13.0. The summed E-state index contributed by atoms with van der Waals surface area (Å²) in [4.78, 5) is 25.5. The van der Waals surface area contributed by atoms with Crippen molar-refractivity contribution in [2.24, 2.45) is 0 Å². The number of benzene rings is 1. The number of ketones is 1. The second kappa shape index (κ2) is 5.78. The Balaban J connectivity index is 1.96. The van der Waals surface area contributed by atoms with Crippen LogP contribution < -0.4 is 5.32 Å². The van der Waals surface area contributed by atoms with Crippen molar-refractivity contribution < 1.29 is 9.59 Å². The van der Waals surface area contributed by atoms with Crippen LogP contribution >= 0.6 is 0 Å². The number of carbonyl (C=O) groups is 2. The molecule has 1 saturated heterocycles. The molecular formula is C14H18N2O2. The smallest absolute Gasteiger partial charge is 0.290 e. The Labute approximate surface area is 107 Å². The minimum absolute atomic E-state index is 0.199. The molecule has 1 amide bonds. The lowest BCUT2D eigenvalue weighted by atomic mass is 10.1. The Morgan fingerprint density at radius 3 is 2.67 bits per heavy atom. The molecule has 0 spiro atoms. The molecule has 0 aromatic heterocycles. The van der Waals surface area contributed by atoms with Gasteiger partial charge in [0.2, 0.25) is 5.78 Å². The second-order valence-electron chi connectivity index (χ2n) is 4.63. The number of nitrogens with one attached hydrogen (secondary N) is 1. The summed E-state index contributed by atoms with van der Waals surface area (Å²) in [6.45, 7) is 4.76. The first kappa shape index (κ1) is 12.8. The van der Waals surface area contributed by atoms with Crippen molar-refractivity contribution in [3.63, 3.8) is 0 Å². The molecule has 1 N–H and O–H groups in total. The largest absolute Gasteiger partial charge is 0.334 e. The molecule has 18 heavy (non-hydrogen) atoms. The summed E-state index contributed by atoms with van der Waals surface area (Å²) in [7, 11) is 0. The van der Waals surface area contributed by atoms with E-state index in [1.807, 2.05) is 31.2 Å². The zero-order valence-corrected chi connectivity index (χ0v) is 10.6. The molecule has 1 fully saturated rings. The average molecular weight is 246 g/mol. The molecule has 0 atom stereocenters. The lowest BCUT2D eigenvalue weighted by molar-refractivity contribution is -0.144. The molecule has 1 aliphatic heterocycles. The highest BCUT2D eigenvalue weighted by Gasteiger charge is 2.22. The normalized spacial score (nSPS) is 15.5. The SMILES string of the molecule is Cc1cccc(CC(=O)C(=O)N2CCNCC2)c1. The molecule has 4 heteroatoms. The summed E-state index contributed by atoms with van der Waals surface area (Å²) in [6, 6.07) is 7.72. The Hall–Kier alpha value is -1.68. The number of Topliss-reactive ketones (excluding diaryl/α,β-unsaturated/α-hetero) is 1. The number of carbonyl (C=O) groups excluding carboxylic acids is 2. The highest BCUT2D eigenvalue weighted by Crippen LogP contribution is 2.06. The molecule has 1 aromatic rings. The van der Waals surface area contributed by atoms with Crippen LogP contribution in [-0.2, 0) is 16.0 Å². The predicted octanol–water partition coefficient (Wildman–Crippen LogP) is 0.538. The molecule has 1 aromatic carbocycles. The van der Waals surface area contributed by atoms with Crippen molar-refractivity contribution in [2.45, 2.75) is 13.3 Å². The number of rotatable bonds is 3. The topological polar surface area (TPSA) is 49.4 Å². The van der Waals surface area contributed by atoms with Crippen LogP contribution in [0.15, 0.2) is 24.3 Å². The van der Waals surface area contributed by atoms with E-state index in [0.29, 0.717) is 13.1 Å². The van der Waals surface area contributed by atoms with Gasteiger partial charge in [0, 0.05) is 32.6 Å². The van der Waals surface area contributed by atoms with Gasteiger partial charge in [0.25, 0.3) is 5.91 Å². The van der Waals surface area contributed by atoms with Crippen molar-refractivity contribution in [1.29, 1.82) is 0 Å². The van der Waals surface area contributed by atoms with Crippen LogP contribution in [0.25, 0.3) is 0 Å². The second-order valence-corrected chi connectivity index (χ2v) is 4.63. The van der Waals surface area contributed by atoms with Gasteiger partial charge in [-0.15, -0.1) is 0 Å². The fraction of sp³-hybridized carbons (Fsp3) is 0.429. The van der Waals surface area contributed by atoms with Crippen LogP contribution in [0, 0.1) is 6.92 Å². The molecule has 4 nitrogen and oxygen atoms in total. The van der Waals surface area contributed by atoms with Gasteiger partial charge < -0.3 is 10.2 Å². The van der Waals surface area contributed by atoms with Crippen molar-refractivity contribution >= 4 is 11.7 Å². The number of piperazine rings is 1. The minimum atomic E-state index is -0.349. The van der Waals surface area contributed by atoms with Gasteiger partial charge in [-0.05, 0) is 12.5 Å². The summed E-state index contributed by atoms with van der Waals surface area (Å²) >= 11 is 0. The molecule has 2 rings (SSSR count). The third-order valence-corrected chi connectivity index (χ3v) is 3.09. The van der Waals surface area contributed by atoms with Gasteiger partial charge in [0.1, 0.15) is 0 Å². The Bertz CT molecular complexity index is 451. The first-order valence-electron chi connectivity index (χ1n) is 6.25. The third kappa shape index (κ3) is 3.17. The summed E-state index contributed by atoms with van der Waals surface area (Å²) in [5, 5.41) is 3.16. The Morgan fingerprint density at radius 1 is 1.28 bits per heavy atom. The molecule has 0 bridgehead atoms. The lowest BCUT2D eigenvalue weighted by Gasteiger charge is -2.26. The predicted molar refractivity (Wildman–Crippen MR) is 69.3 cm³/mol. The van der Waals surface area contributed by atoms with Crippen molar-refractivity contribution in [2.75, 3.05) is 26.2 Å². The number of hydrogen-bond acceptors (Lipinski definition) is 3. The number of nitrogens with zero attached hydrogens (tertiary/aromatic N) is 1. The molecule has 1 heterocycles. The van der Waals surface area contributed by atoms with Crippen molar-refractivity contribution in [1.82, 2.24) is 10.2 Å².